The standard InChI is InChI=1S/C12H16O3S/c13-12-3-1-10(2-4-12)9-11-5-7-16(14,15)8-6-11/h1-4,11,13H,5-9H2. The van der Waals surface area contributed by atoms with Crippen LogP contribution in [0.3, 0.4) is 0 Å². The number of hydrogen-bond donors (Lipinski definition) is 1. The Labute approximate surface area is 96.0 Å². The van der Waals surface area contributed by atoms with Gasteiger partial charge in [-0.15, -0.1) is 0 Å². The zero-order chi connectivity index (χ0) is 11.6. The van der Waals surface area contributed by atoms with E-state index in [9.17, 15) is 8.42 Å². The summed E-state index contributed by atoms with van der Waals surface area (Å²) in [6, 6.07) is 7.15. The van der Waals surface area contributed by atoms with E-state index in [1.54, 1.807) is 12.1 Å². The Hall–Kier alpha value is -1.03. The highest BCUT2D eigenvalue weighted by atomic mass is 32.2. The van der Waals surface area contributed by atoms with Gasteiger partial charge in [0, 0.05) is 0 Å². The Morgan fingerprint density at radius 3 is 2.25 bits per heavy atom. The van der Waals surface area contributed by atoms with Crippen molar-refractivity contribution >= 4 is 9.84 Å². The Kier molecular flexibility index (Phi) is 3.19. The molecule has 0 saturated carbocycles. The summed E-state index contributed by atoms with van der Waals surface area (Å²) in [5.74, 6) is 1.40. The minimum Gasteiger partial charge on any atom is -0.508 e. The first-order valence-electron chi connectivity index (χ1n) is 5.53. The molecule has 0 radical (unpaired) electrons. The van der Waals surface area contributed by atoms with Gasteiger partial charge >= 0.3 is 0 Å². The zero-order valence-corrected chi connectivity index (χ0v) is 9.91. The van der Waals surface area contributed by atoms with Crippen molar-refractivity contribution in [2.24, 2.45) is 5.92 Å². The Morgan fingerprint density at radius 1 is 1.12 bits per heavy atom. The van der Waals surface area contributed by atoms with Gasteiger partial charge in [0.05, 0.1) is 11.5 Å². The lowest BCUT2D eigenvalue weighted by Crippen LogP contribution is -2.24. The van der Waals surface area contributed by atoms with E-state index in [1.807, 2.05) is 12.1 Å². The number of phenolic OH excluding ortho intramolecular Hbond substituents is 1. The Balaban J connectivity index is 1.94. The van der Waals surface area contributed by atoms with E-state index in [-0.39, 0.29) is 5.75 Å². The predicted molar refractivity (Wildman–Crippen MR) is 63.2 cm³/mol. The van der Waals surface area contributed by atoms with Crippen molar-refractivity contribution in [1.29, 1.82) is 0 Å². The van der Waals surface area contributed by atoms with Crippen molar-refractivity contribution in [2.75, 3.05) is 11.5 Å². The first-order valence-corrected chi connectivity index (χ1v) is 7.36. The molecule has 0 aromatic heterocycles. The molecule has 1 aromatic rings. The first-order chi connectivity index (χ1) is 7.55. The van der Waals surface area contributed by atoms with Gasteiger partial charge in [-0.3, -0.25) is 0 Å². The van der Waals surface area contributed by atoms with Crippen LogP contribution in [0.2, 0.25) is 0 Å². The van der Waals surface area contributed by atoms with Crippen LogP contribution >= 0.6 is 0 Å². The molecule has 0 aliphatic carbocycles. The van der Waals surface area contributed by atoms with Gasteiger partial charge in [0.15, 0.2) is 0 Å². The highest BCUT2D eigenvalue weighted by Crippen LogP contribution is 2.23. The third kappa shape index (κ3) is 2.98. The molecule has 0 atom stereocenters. The fourth-order valence-corrected chi connectivity index (χ4v) is 3.70. The minimum atomic E-state index is -2.75. The minimum absolute atomic E-state index is 0.273. The van der Waals surface area contributed by atoms with Crippen molar-refractivity contribution in [3.05, 3.63) is 29.8 Å². The lowest BCUT2D eigenvalue weighted by molar-refractivity contribution is 0.460. The third-order valence-corrected chi connectivity index (χ3v) is 4.85. The molecule has 1 saturated heterocycles. The average Bonchev–Trinajstić information content (AvgIpc) is 2.24. The summed E-state index contributed by atoms with van der Waals surface area (Å²) in [4.78, 5) is 0. The number of hydrogen-bond acceptors (Lipinski definition) is 3. The summed E-state index contributed by atoms with van der Waals surface area (Å²) in [5.41, 5.74) is 1.17. The molecule has 1 aromatic carbocycles. The predicted octanol–water partition coefficient (Wildman–Crippen LogP) is 1.76. The van der Waals surface area contributed by atoms with E-state index in [2.05, 4.69) is 0 Å². The van der Waals surface area contributed by atoms with Crippen LogP contribution in [0.1, 0.15) is 18.4 Å². The number of benzene rings is 1. The van der Waals surface area contributed by atoms with Crippen molar-refractivity contribution in [2.45, 2.75) is 19.3 Å². The molecule has 88 valence electrons. The average molecular weight is 240 g/mol. The summed E-state index contributed by atoms with van der Waals surface area (Å²) < 4.78 is 22.5. The second kappa shape index (κ2) is 4.45. The van der Waals surface area contributed by atoms with Crippen LogP contribution < -0.4 is 0 Å². The van der Waals surface area contributed by atoms with Crippen LogP contribution in [-0.4, -0.2) is 25.0 Å². The Bertz CT molecular complexity index is 434. The smallest absolute Gasteiger partial charge is 0.150 e. The topological polar surface area (TPSA) is 54.4 Å². The molecule has 0 spiro atoms. The summed E-state index contributed by atoms with van der Waals surface area (Å²) in [5, 5.41) is 9.15. The third-order valence-electron chi connectivity index (χ3n) is 3.13. The molecule has 1 aliphatic rings. The van der Waals surface area contributed by atoms with Crippen LogP contribution in [0.5, 0.6) is 5.75 Å². The summed E-state index contributed by atoms with van der Waals surface area (Å²) in [6.07, 6.45) is 2.45. The molecule has 0 amide bonds. The highest BCUT2D eigenvalue weighted by Gasteiger charge is 2.23. The quantitative estimate of drug-likeness (QED) is 0.857. The van der Waals surface area contributed by atoms with Gasteiger partial charge in [0.2, 0.25) is 0 Å². The summed E-state index contributed by atoms with van der Waals surface area (Å²) in [6.45, 7) is 0. The maximum atomic E-state index is 11.3. The summed E-state index contributed by atoms with van der Waals surface area (Å²) in [7, 11) is -2.75. The van der Waals surface area contributed by atoms with Crippen LogP contribution in [0, 0.1) is 5.92 Å². The van der Waals surface area contributed by atoms with Crippen LogP contribution in [-0.2, 0) is 16.3 Å². The van der Waals surface area contributed by atoms with E-state index in [4.69, 9.17) is 5.11 Å². The van der Waals surface area contributed by atoms with Crippen molar-refractivity contribution in [3.63, 3.8) is 0 Å². The molecule has 0 unspecified atom stereocenters. The molecule has 0 bridgehead atoms. The molecule has 3 nitrogen and oxygen atoms in total. The van der Waals surface area contributed by atoms with E-state index < -0.39 is 9.84 Å². The van der Waals surface area contributed by atoms with Gasteiger partial charge in [0.25, 0.3) is 0 Å². The number of sulfone groups is 1. The van der Waals surface area contributed by atoms with Crippen LogP contribution in [0.4, 0.5) is 0 Å². The van der Waals surface area contributed by atoms with Gasteiger partial charge in [-0.1, -0.05) is 12.1 Å². The number of rotatable bonds is 2. The second-order valence-electron chi connectivity index (χ2n) is 4.47. The first kappa shape index (κ1) is 11.5. The highest BCUT2D eigenvalue weighted by molar-refractivity contribution is 7.91. The van der Waals surface area contributed by atoms with Crippen LogP contribution in [0.25, 0.3) is 0 Å². The normalized spacial score (nSPS) is 20.8. The number of phenols is 1. The molecule has 1 heterocycles. The lowest BCUT2D eigenvalue weighted by atomic mass is 9.94. The van der Waals surface area contributed by atoms with Gasteiger partial charge in [-0.05, 0) is 42.9 Å². The fraction of sp³-hybridized carbons (Fsp3) is 0.500. The van der Waals surface area contributed by atoms with Crippen LogP contribution in [0.15, 0.2) is 24.3 Å². The van der Waals surface area contributed by atoms with Gasteiger partial charge in [0.1, 0.15) is 15.6 Å². The molecular formula is C12H16O3S. The van der Waals surface area contributed by atoms with Crippen molar-refractivity contribution < 1.29 is 13.5 Å². The molecular weight excluding hydrogens is 224 g/mol. The number of aromatic hydroxyl groups is 1. The van der Waals surface area contributed by atoms with E-state index in [0.717, 1.165) is 19.3 Å². The fourth-order valence-electron chi connectivity index (χ4n) is 2.11. The van der Waals surface area contributed by atoms with E-state index in [0.29, 0.717) is 17.4 Å². The second-order valence-corrected chi connectivity index (χ2v) is 6.77. The largest absolute Gasteiger partial charge is 0.508 e. The van der Waals surface area contributed by atoms with E-state index >= 15 is 0 Å². The lowest BCUT2D eigenvalue weighted by Gasteiger charge is -2.21. The maximum absolute atomic E-state index is 11.3. The monoisotopic (exact) mass is 240 g/mol. The molecule has 1 N–H and O–H groups in total. The Morgan fingerprint density at radius 2 is 1.69 bits per heavy atom. The molecule has 4 heteroatoms. The molecule has 1 aliphatic heterocycles. The molecule has 16 heavy (non-hydrogen) atoms. The summed E-state index contributed by atoms with van der Waals surface area (Å²) >= 11 is 0. The van der Waals surface area contributed by atoms with E-state index in [1.165, 1.54) is 5.56 Å². The van der Waals surface area contributed by atoms with Gasteiger partial charge < -0.3 is 5.11 Å². The van der Waals surface area contributed by atoms with Gasteiger partial charge in [-0.2, -0.15) is 0 Å². The zero-order valence-electron chi connectivity index (χ0n) is 9.09. The SMILES string of the molecule is O=S1(=O)CCC(Cc2ccc(O)cc2)CC1. The molecule has 1 fully saturated rings. The van der Waals surface area contributed by atoms with Crippen molar-refractivity contribution in [3.8, 4) is 5.75 Å². The maximum Gasteiger partial charge on any atom is 0.150 e. The van der Waals surface area contributed by atoms with Gasteiger partial charge in [-0.25, -0.2) is 8.42 Å². The van der Waals surface area contributed by atoms with Crippen molar-refractivity contribution in [1.82, 2.24) is 0 Å². The molecule has 2 rings (SSSR count).